The highest BCUT2D eigenvalue weighted by molar-refractivity contribution is 5.97. The van der Waals surface area contributed by atoms with Crippen molar-refractivity contribution < 1.29 is 45.8 Å². The number of nitrogens with one attached hydrogen (secondary N) is 1. The van der Waals surface area contributed by atoms with Gasteiger partial charge in [0.05, 0.1) is 17.5 Å². The first-order valence-corrected chi connectivity index (χ1v) is 9.61. The lowest BCUT2D eigenvalue weighted by molar-refractivity contribution is -0.144. The standard InChI is InChI=1S/C22H21F6NO4/c1-12(10-18(30)31)13-4-7-15(8-5-13)29-19(32)20(2,3)33-17-11-14(21(23,24)25)6-9-16(17)22(26,27)28/h4-9,11-12H,10H2,1-3H3,(H,29,32)(H,30,31). The summed E-state index contributed by atoms with van der Waals surface area (Å²) in [5, 5.41) is 11.3. The van der Waals surface area contributed by atoms with Crippen LogP contribution < -0.4 is 10.1 Å². The van der Waals surface area contributed by atoms with E-state index in [2.05, 4.69) is 5.32 Å². The third-order valence-corrected chi connectivity index (χ3v) is 4.74. The third-order valence-electron chi connectivity index (χ3n) is 4.74. The van der Waals surface area contributed by atoms with E-state index in [0.29, 0.717) is 5.56 Å². The molecule has 0 aromatic heterocycles. The number of rotatable bonds is 7. The van der Waals surface area contributed by atoms with Crippen LogP contribution in [0.2, 0.25) is 0 Å². The molecule has 1 unspecified atom stereocenters. The van der Waals surface area contributed by atoms with Gasteiger partial charge in [-0.2, -0.15) is 26.3 Å². The number of benzene rings is 2. The van der Waals surface area contributed by atoms with Gasteiger partial charge in [0.15, 0.2) is 5.60 Å². The van der Waals surface area contributed by atoms with Gasteiger partial charge in [0, 0.05) is 5.69 Å². The predicted molar refractivity (Wildman–Crippen MR) is 107 cm³/mol. The van der Waals surface area contributed by atoms with Crippen molar-refractivity contribution in [3.8, 4) is 5.75 Å². The van der Waals surface area contributed by atoms with Crippen LogP contribution in [0.3, 0.4) is 0 Å². The van der Waals surface area contributed by atoms with Crippen molar-refractivity contribution in [3.63, 3.8) is 0 Å². The molecule has 0 fully saturated rings. The van der Waals surface area contributed by atoms with Gasteiger partial charge in [-0.3, -0.25) is 9.59 Å². The first kappa shape index (κ1) is 26.0. The summed E-state index contributed by atoms with van der Waals surface area (Å²) in [6.45, 7) is 3.93. The zero-order chi connectivity index (χ0) is 25.2. The number of amides is 1. The number of aliphatic carboxylic acids is 1. The maximum Gasteiger partial charge on any atom is 0.419 e. The molecular formula is C22H21F6NO4. The molecule has 5 nitrogen and oxygen atoms in total. The van der Waals surface area contributed by atoms with Crippen molar-refractivity contribution >= 4 is 17.6 Å². The third kappa shape index (κ3) is 6.87. The molecule has 0 saturated heterocycles. The lowest BCUT2D eigenvalue weighted by Gasteiger charge is -2.27. The van der Waals surface area contributed by atoms with Crippen LogP contribution >= 0.6 is 0 Å². The lowest BCUT2D eigenvalue weighted by atomic mass is 9.97. The van der Waals surface area contributed by atoms with Crippen LogP contribution in [0, 0.1) is 0 Å². The van der Waals surface area contributed by atoms with Gasteiger partial charge in [0.2, 0.25) is 0 Å². The Kier molecular flexibility index (Phi) is 7.35. The van der Waals surface area contributed by atoms with Gasteiger partial charge < -0.3 is 15.2 Å². The first-order chi connectivity index (χ1) is 15.0. The monoisotopic (exact) mass is 477 g/mol. The van der Waals surface area contributed by atoms with Gasteiger partial charge in [-0.05, 0) is 55.7 Å². The van der Waals surface area contributed by atoms with Crippen molar-refractivity contribution in [2.45, 2.75) is 51.1 Å². The zero-order valence-corrected chi connectivity index (χ0v) is 17.8. The molecule has 1 atom stereocenters. The van der Waals surface area contributed by atoms with Gasteiger partial charge in [-0.15, -0.1) is 0 Å². The molecule has 0 aliphatic rings. The number of carboxylic acids is 1. The summed E-state index contributed by atoms with van der Waals surface area (Å²) in [5.74, 6) is -3.31. The number of hydrogen-bond acceptors (Lipinski definition) is 3. The van der Waals surface area contributed by atoms with Crippen LogP contribution in [-0.4, -0.2) is 22.6 Å². The molecule has 1 amide bonds. The molecule has 2 N–H and O–H groups in total. The average Bonchev–Trinajstić information content (AvgIpc) is 2.66. The van der Waals surface area contributed by atoms with Crippen molar-refractivity contribution in [2.24, 2.45) is 0 Å². The normalized spacial score (nSPS) is 13.4. The van der Waals surface area contributed by atoms with E-state index < -0.39 is 46.7 Å². The summed E-state index contributed by atoms with van der Waals surface area (Å²) in [6, 6.07) is 6.83. The molecule has 0 bridgehead atoms. The largest absolute Gasteiger partial charge is 0.481 e. The predicted octanol–water partition coefficient (Wildman–Crippen LogP) is 6.10. The van der Waals surface area contributed by atoms with Crippen LogP contribution in [-0.2, 0) is 21.9 Å². The zero-order valence-electron chi connectivity index (χ0n) is 17.8. The highest BCUT2D eigenvalue weighted by atomic mass is 19.4. The summed E-state index contributed by atoms with van der Waals surface area (Å²) in [7, 11) is 0. The molecule has 2 aromatic carbocycles. The van der Waals surface area contributed by atoms with Gasteiger partial charge in [0.25, 0.3) is 5.91 Å². The molecule has 0 aliphatic heterocycles. The number of carbonyl (C=O) groups is 2. The molecule has 0 aliphatic carbocycles. The van der Waals surface area contributed by atoms with E-state index >= 15 is 0 Å². The van der Waals surface area contributed by atoms with E-state index in [-0.39, 0.29) is 36.2 Å². The lowest BCUT2D eigenvalue weighted by Crippen LogP contribution is -2.43. The smallest absolute Gasteiger partial charge is 0.419 e. The fourth-order valence-electron chi connectivity index (χ4n) is 2.89. The topological polar surface area (TPSA) is 75.6 Å². The quantitative estimate of drug-likeness (QED) is 0.473. The number of ether oxygens (including phenoxy) is 1. The Bertz CT molecular complexity index is 1010. The van der Waals surface area contributed by atoms with E-state index in [4.69, 9.17) is 9.84 Å². The molecule has 0 saturated carbocycles. The minimum absolute atomic E-state index is 0.106. The number of alkyl halides is 6. The average molecular weight is 477 g/mol. The van der Waals surface area contributed by atoms with Crippen LogP contribution in [0.25, 0.3) is 0 Å². The fraction of sp³-hybridized carbons (Fsp3) is 0.364. The highest BCUT2D eigenvalue weighted by Crippen LogP contribution is 2.41. The minimum Gasteiger partial charge on any atom is -0.481 e. The summed E-state index contributed by atoms with van der Waals surface area (Å²) in [6.07, 6.45) is -10.0. The van der Waals surface area contributed by atoms with E-state index in [1.165, 1.54) is 12.1 Å². The highest BCUT2D eigenvalue weighted by Gasteiger charge is 2.40. The molecule has 33 heavy (non-hydrogen) atoms. The second-order valence-corrected chi connectivity index (χ2v) is 7.89. The van der Waals surface area contributed by atoms with Crippen LogP contribution in [0.1, 0.15) is 49.8 Å². The van der Waals surface area contributed by atoms with E-state index in [0.717, 1.165) is 13.8 Å². The molecule has 180 valence electrons. The Balaban J connectivity index is 2.24. The summed E-state index contributed by atoms with van der Waals surface area (Å²) in [4.78, 5) is 23.4. The molecule has 0 heterocycles. The van der Waals surface area contributed by atoms with Crippen molar-refractivity contribution in [1.82, 2.24) is 0 Å². The van der Waals surface area contributed by atoms with Gasteiger partial charge in [-0.25, -0.2) is 0 Å². The summed E-state index contributed by atoms with van der Waals surface area (Å²) >= 11 is 0. The maximum absolute atomic E-state index is 13.3. The molecule has 2 aromatic rings. The molecule has 11 heteroatoms. The number of carbonyl (C=O) groups excluding carboxylic acids is 1. The van der Waals surface area contributed by atoms with E-state index in [1.807, 2.05) is 0 Å². The Morgan fingerprint density at radius 3 is 2.03 bits per heavy atom. The Labute approximate surface area is 185 Å². The molecule has 0 spiro atoms. The second-order valence-electron chi connectivity index (χ2n) is 7.89. The SMILES string of the molecule is CC(CC(=O)O)c1ccc(NC(=O)C(C)(C)Oc2cc(C(F)(F)F)ccc2C(F)(F)F)cc1. The molecule has 0 radical (unpaired) electrons. The van der Waals surface area contributed by atoms with Crippen molar-refractivity contribution in [2.75, 3.05) is 5.32 Å². The van der Waals surface area contributed by atoms with Crippen LogP contribution in [0.5, 0.6) is 5.75 Å². The minimum atomic E-state index is -5.01. The van der Waals surface area contributed by atoms with E-state index in [9.17, 15) is 35.9 Å². The van der Waals surface area contributed by atoms with Crippen molar-refractivity contribution in [1.29, 1.82) is 0 Å². The maximum atomic E-state index is 13.3. The molecule has 2 rings (SSSR count). The van der Waals surface area contributed by atoms with Crippen LogP contribution in [0.4, 0.5) is 32.0 Å². The Morgan fingerprint density at radius 2 is 1.55 bits per heavy atom. The Hall–Kier alpha value is -3.24. The number of halogens is 6. The van der Waals surface area contributed by atoms with Crippen LogP contribution in [0.15, 0.2) is 42.5 Å². The fourth-order valence-corrected chi connectivity index (χ4v) is 2.89. The summed E-state index contributed by atoms with van der Waals surface area (Å²) in [5.41, 5.74) is -3.85. The number of anilines is 1. The van der Waals surface area contributed by atoms with Gasteiger partial charge in [-0.1, -0.05) is 19.1 Å². The van der Waals surface area contributed by atoms with E-state index in [1.54, 1.807) is 19.1 Å². The Morgan fingerprint density at radius 1 is 0.970 bits per heavy atom. The van der Waals surface area contributed by atoms with Gasteiger partial charge in [0.1, 0.15) is 5.75 Å². The van der Waals surface area contributed by atoms with Gasteiger partial charge >= 0.3 is 18.3 Å². The second kappa shape index (κ2) is 9.32. The first-order valence-electron chi connectivity index (χ1n) is 9.61. The number of carboxylic acid groups (broad SMARTS) is 1. The summed E-state index contributed by atoms with van der Waals surface area (Å²) < 4.78 is 83.9. The molecular weight excluding hydrogens is 456 g/mol. The number of hydrogen-bond donors (Lipinski definition) is 2. The van der Waals surface area contributed by atoms with Crippen molar-refractivity contribution in [3.05, 3.63) is 59.2 Å².